The zero-order chi connectivity index (χ0) is 16.4. The molecular weight excluding hydrogens is 303 g/mol. The van der Waals surface area contributed by atoms with Crippen LogP contribution in [0.25, 0.3) is 22.6 Å². The second-order valence-corrected chi connectivity index (χ2v) is 4.93. The second-order valence-electron chi connectivity index (χ2n) is 4.93. The molecule has 2 N–H and O–H groups in total. The highest BCUT2D eigenvalue weighted by Gasteiger charge is 2.30. The smallest absolute Gasteiger partial charge is 0.398 e. The predicted molar refractivity (Wildman–Crippen MR) is 82.3 cm³/mol. The number of halogens is 3. The van der Waals surface area contributed by atoms with Gasteiger partial charge in [-0.05, 0) is 24.3 Å². The highest BCUT2D eigenvalue weighted by atomic mass is 19.4. The zero-order valence-electron chi connectivity index (χ0n) is 11.9. The number of hydrogen-bond acceptors (Lipinski definition) is 3. The van der Waals surface area contributed by atoms with Gasteiger partial charge in [0.1, 0.15) is 0 Å². The molecule has 23 heavy (non-hydrogen) atoms. The Kier molecular flexibility index (Phi) is 3.73. The van der Waals surface area contributed by atoms with Gasteiger partial charge in [0.05, 0.1) is 11.3 Å². The van der Waals surface area contributed by atoms with Crippen LogP contribution in [0.1, 0.15) is 5.56 Å². The van der Waals surface area contributed by atoms with E-state index in [0.717, 1.165) is 17.7 Å². The van der Waals surface area contributed by atoms with Gasteiger partial charge in [-0.3, -0.25) is 0 Å². The van der Waals surface area contributed by atoms with Gasteiger partial charge in [0.15, 0.2) is 5.82 Å². The Morgan fingerprint density at radius 2 is 1.57 bits per heavy atom. The van der Waals surface area contributed by atoms with Crippen LogP contribution in [-0.2, 0) is 6.18 Å². The minimum atomic E-state index is -4.36. The molecule has 2 aromatic carbocycles. The molecule has 0 aliphatic heterocycles. The molecule has 3 aromatic rings. The summed E-state index contributed by atoms with van der Waals surface area (Å²) in [6.45, 7) is 0. The number of nitrogen functional groups attached to an aromatic ring is 1. The first-order valence-electron chi connectivity index (χ1n) is 6.81. The van der Waals surface area contributed by atoms with Crippen LogP contribution < -0.4 is 5.73 Å². The maximum absolute atomic E-state index is 12.6. The van der Waals surface area contributed by atoms with Crippen LogP contribution in [0.3, 0.4) is 0 Å². The van der Waals surface area contributed by atoms with E-state index in [4.69, 9.17) is 5.73 Å². The minimum absolute atomic E-state index is 0.347. The summed E-state index contributed by atoms with van der Waals surface area (Å²) in [7, 11) is 0. The molecule has 0 unspecified atom stereocenters. The Morgan fingerprint density at radius 3 is 2.22 bits per heavy atom. The zero-order valence-corrected chi connectivity index (χ0v) is 11.9. The fraction of sp³-hybridized carbons (Fsp3) is 0.0588. The fourth-order valence-electron chi connectivity index (χ4n) is 2.19. The van der Waals surface area contributed by atoms with Gasteiger partial charge in [-0.2, -0.15) is 13.2 Å². The molecule has 3 rings (SSSR count). The number of alkyl halides is 3. The molecular formula is C17H12F3N3. The average molecular weight is 315 g/mol. The molecule has 116 valence electrons. The second kappa shape index (κ2) is 5.72. The maximum Gasteiger partial charge on any atom is 0.416 e. The van der Waals surface area contributed by atoms with E-state index in [1.165, 1.54) is 12.1 Å². The van der Waals surface area contributed by atoms with Gasteiger partial charge in [-0.25, -0.2) is 9.97 Å². The van der Waals surface area contributed by atoms with Crippen molar-refractivity contribution in [3.63, 3.8) is 0 Å². The van der Waals surface area contributed by atoms with Crippen molar-refractivity contribution < 1.29 is 13.2 Å². The number of anilines is 1. The number of aromatic nitrogens is 2. The van der Waals surface area contributed by atoms with E-state index in [2.05, 4.69) is 9.97 Å². The van der Waals surface area contributed by atoms with E-state index in [0.29, 0.717) is 22.8 Å². The molecule has 0 atom stereocenters. The number of benzene rings is 2. The Labute approximate surface area is 130 Å². The van der Waals surface area contributed by atoms with Crippen molar-refractivity contribution in [3.8, 4) is 22.6 Å². The van der Waals surface area contributed by atoms with E-state index in [-0.39, 0.29) is 0 Å². The third kappa shape index (κ3) is 3.15. The number of hydrogen-bond donors (Lipinski definition) is 1. The first-order valence-corrected chi connectivity index (χ1v) is 6.81. The topological polar surface area (TPSA) is 51.8 Å². The lowest BCUT2D eigenvalue weighted by Crippen LogP contribution is -2.04. The molecule has 0 spiro atoms. The number of nitrogens with zero attached hydrogens (tertiary/aromatic N) is 2. The minimum Gasteiger partial charge on any atom is -0.398 e. The molecule has 0 amide bonds. The third-order valence-corrected chi connectivity index (χ3v) is 3.36. The molecule has 0 bridgehead atoms. The fourth-order valence-corrected chi connectivity index (χ4v) is 2.19. The van der Waals surface area contributed by atoms with Crippen molar-refractivity contribution in [2.45, 2.75) is 6.18 Å². The highest BCUT2D eigenvalue weighted by molar-refractivity contribution is 5.74. The van der Waals surface area contributed by atoms with Crippen LogP contribution >= 0.6 is 0 Å². The van der Waals surface area contributed by atoms with Gasteiger partial charge in [0.25, 0.3) is 0 Å². The summed E-state index contributed by atoms with van der Waals surface area (Å²) in [5.74, 6) is 0.347. The first kappa shape index (κ1) is 15.0. The van der Waals surface area contributed by atoms with E-state index in [9.17, 15) is 13.2 Å². The van der Waals surface area contributed by atoms with E-state index >= 15 is 0 Å². The summed E-state index contributed by atoms with van der Waals surface area (Å²) in [6, 6.07) is 13.7. The van der Waals surface area contributed by atoms with Crippen LogP contribution in [0.5, 0.6) is 0 Å². The highest BCUT2D eigenvalue weighted by Crippen LogP contribution is 2.31. The lowest BCUT2D eigenvalue weighted by Gasteiger charge is -2.08. The Balaban J connectivity index is 1.99. The van der Waals surface area contributed by atoms with Crippen molar-refractivity contribution in [1.82, 2.24) is 9.97 Å². The van der Waals surface area contributed by atoms with E-state index < -0.39 is 11.7 Å². The molecule has 0 saturated carbocycles. The van der Waals surface area contributed by atoms with Gasteiger partial charge in [0.2, 0.25) is 0 Å². The average Bonchev–Trinajstić information content (AvgIpc) is 2.55. The number of para-hydroxylation sites is 1. The molecule has 0 fully saturated rings. The summed E-state index contributed by atoms with van der Waals surface area (Å²) >= 11 is 0. The first-order chi connectivity index (χ1) is 10.9. The molecule has 0 saturated heterocycles. The Hall–Kier alpha value is -2.89. The quantitative estimate of drug-likeness (QED) is 0.713. The molecule has 1 heterocycles. The van der Waals surface area contributed by atoms with E-state index in [1.807, 2.05) is 18.2 Å². The van der Waals surface area contributed by atoms with Crippen LogP contribution in [0.2, 0.25) is 0 Å². The monoisotopic (exact) mass is 315 g/mol. The maximum atomic E-state index is 12.6. The van der Waals surface area contributed by atoms with Gasteiger partial charge in [-0.1, -0.05) is 30.3 Å². The molecule has 6 heteroatoms. The molecule has 1 aromatic heterocycles. The summed E-state index contributed by atoms with van der Waals surface area (Å²) in [5, 5.41) is 0. The van der Waals surface area contributed by atoms with E-state index in [1.54, 1.807) is 18.3 Å². The lowest BCUT2D eigenvalue weighted by molar-refractivity contribution is -0.137. The lowest BCUT2D eigenvalue weighted by atomic mass is 10.1. The predicted octanol–water partition coefficient (Wildman–Crippen LogP) is 4.41. The van der Waals surface area contributed by atoms with Crippen molar-refractivity contribution in [2.75, 3.05) is 5.73 Å². The number of rotatable bonds is 2. The summed E-state index contributed by atoms with van der Waals surface area (Å²) in [4.78, 5) is 8.52. The Bertz CT molecular complexity index is 827. The Morgan fingerprint density at radius 1 is 0.870 bits per heavy atom. The standard InChI is InChI=1S/C17H12F3N3/c18-17(19,20)12-7-5-11(6-8-12)16-22-10-9-15(23-16)13-3-1-2-4-14(13)21/h1-10H,21H2. The molecule has 0 radical (unpaired) electrons. The van der Waals surface area contributed by atoms with Gasteiger partial charge < -0.3 is 5.73 Å². The normalized spacial score (nSPS) is 11.4. The van der Waals surface area contributed by atoms with Gasteiger partial charge in [0, 0.05) is 23.0 Å². The van der Waals surface area contributed by atoms with Crippen LogP contribution in [0.15, 0.2) is 60.8 Å². The van der Waals surface area contributed by atoms with Gasteiger partial charge in [-0.15, -0.1) is 0 Å². The number of nitrogens with two attached hydrogens (primary N) is 1. The summed E-state index contributed by atoms with van der Waals surface area (Å²) in [5.41, 5.74) is 7.67. The van der Waals surface area contributed by atoms with Crippen molar-refractivity contribution >= 4 is 5.69 Å². The summed E-state index contributed by atoms with van der Waals surface area (Å²) < 4.78 is 37.8. The molecule has 3 nitrogen and oxygen atoms in total. The summed E-state index contributed by atoms with van der Waals surface area (Å²) in [6.07, 6.45) is -2.80. The van der Waals surface area contributed by atoms with Crippen molar-refractivity contribution in [2.24, 2.45) is 0 Å². The molecule has 0 aliphatic carbocycles. The van der Waals surface area contributed by atoms with Crippen molar-refractivity contribution in [1.29, 1.82) is 0 Å². The van der Waals surface area contributed by atoms with Crippen LogP contribution in [0.4, 0.5) is 18.9 Å². The van der Waals surface area contributed by atoms with Crippen LogP contribution in [0, 0.1) is 0 Å². The SMILES string of the molecule is Nc1ccccc1-c1ccnc(-c2ccc(C(F)(F)F)cc2)n1. The van der Waals surface area contributed by atoms with Crippen LogP contribution in [-0.4, -0.2) is 9.97 Å². The third-order valence-electron chi connectivity index (χ3n) is 3.36. The largest absolute Gasteiger partial charge is 0.416 e. The molecule has 0 aliphatic rings. The van der Waals surface area contributed by atoms with Crippen molar-refractivity contribution in [3.05, 3.63) is 66.4 Å². The van der Waals surface area contributed by atoms with Gasteiger partial charge >= 0.3 is 6.18 Å².